The molecule has 1 aromatic heterocycles. The number of ether oxygens (including phenoxy) is 1. The summed E-state index contributed by atoms with van der Waals surface area (Å²) < 4.78 is 12.0. The molecule has 2 N–H and O–H groups in total. The van der Waals surface area contributed by atoms with E-state index in [1.54, 1.807) is 0 Å². The summed E-state index contributed by atoms with van der Waals surface area (Å²) in [6, 6.07) is 13.6. The lowest BCUT2D eigenvalue weighted by Crippen LogP contribution is -2.17. The minimum atomic E-state index is -0.707. The molecule has 0 spiro atoms. The third-order valence-electron chi connectivity index (χ3n) is 5.26. The Hall–Kier alpha value is -2.87. The van der Waals surface area contributed by atoms with Crippen molar-refractivity contribution in [1.29, 1.82) is 0 Å². The second-order valence-electron chi connectivity index (χ2n) is 8.00. The molecule has 0 aliphatic heterocycles. The fourth-order valence-electron chi connectivity index (χ4n) is 3.73. The van der Waals surface area contributed by atoms with Crippen molar-refractivity contribution in [3.05, 3.63) is 46.9 Å². The monoisotopic (exact) mass is 485 g/mol. The highest BCUT2D eigenvalue weighted by Crippen LogP contribution is 2.32. The summed E-state index contributed by atoms with van der Waals surface area (Å²) in [5, 5.41) is 16.7. The summed E-state index contributed by atoms with van der Waals surface area (Å²) >= 11 is 3.53. The second kappa shape index (κ2) is 9.09. The SMILES string of the molecule is CC(C)Oc1ccc(-c2noc(-c3ccc(N[C@H]4CC[C@@H](C(=O)O)C4)cc3)n2)cc1Br. The number of anilines is 1. The maximum atomic E-state index is 11.1. The summed E-state index contributed by atoms with van der Waals surface area (Å²) in [7, 11) is 0. The number of carboxylic acid groups (broad SMARTS) is 1. The maximum Gasteiger partial charge on any atom is 0.306 e. The van der Waals surface area contributed by atoms with Gasteiger partial charge in [0.2, 0.25) is 5.82 Å². The summed E-state index contributed by atoms with van der Waals surface area (Å²) in [6.07, 6.45) is 2.32. The van der Waals surface area contributed by atoms with Crippen LogP contribution in [0.25, 0.3) is 22.8 Å². The number of halogens is 1. The van der Waals surface area contributed by atoms with Gasteiger partial charge in [-0.1, -0.05) is 5.16 Å². The molecule has 1 aliphatic rings. The van der Waals surface area contributed by atoms with Crippen LogP contribution >= 0.6 is 15.9 Å². The number of rotatable bonds is 7. The van der Waals surface area contributed by atoms with E-state index in [0.29, 0.717) is 18.1 Å². The van der Waals surface area contributed by atoms with Crippen molar-refractivity contribution in [3.8, 4) is 28.6 Å². The zero-order chi connectivity index (χ0) is 22.0. The number of hydrogen-bond acceptors (Lipinski definition) is 6. The van der Waals surface area contributed by atoms with E-state index in [-0.39, 0.29) is 18.1 Å². The number of nitrogens with zero attached hydrogens (tertiary/aromatic N) is 2. The van der Waals surface area contributed by atoms with Gasteiger partial charge in [-0.15, -0.1) is 0 Å². The molecule has 0 amide bonds. The quantitative estimate of drug-likeness (QED) is 0.448. The molecule has 1 aliphatic carbocycles. The first-order valence-electron chi connectivity index (χ1n) is 10.3. The van der Waals surface area contributed by atoms with Crippen molar-refractivity contribution in [2.45, 2.75) is 45.3 Å². The van der Waals surface area contributed by atoms with Crippen LogP contribution in [0.15, 0.2) is 51.5 Å². The van der Waals surface area contributed by atoms with Crippen LogP contribution < -0.4 is 10.1 Å². The molecule has 2 atom stereocenters. The van der Waals surface area contributed by atoms with E-state index in [1.165, 1.54) is 0 Å². The number of aromatic nitrogens is 2. The predicted molar refractivity (Wildman–Crippen MR) is 121 cm³/mol. The van der Waals surface area contributed by atoms with Gasteiger partial charge in [-0.05, 0) is 91.5 Å². The molecule has 8 heteroatoms. The van der Waals surface area contributed by atoms with Gasteiger partial charge in [-0.3, -0.25) is 4.79 Å². The fourth-order valence-corrected chi connectivity index (χ4v) is 4.20. The van der Waals surface area contributed by atoms with Gasteiger partial charge in [0.15, 0.2) is 0 Å². The summed E-state index contributed by atoms with van der Waals surface area (Å²) in [5.74, 6) is 0.745. The standard InChI is InChI=1S/C23H24BrN3O4/c1-13(2)30-20-10-6-15(12-19(20)24)21-26-22(31-27-21)14-3-7-17(8-4-14)25-18-9-5-16(11-18)23(28)29/h3-4,6-8,10,12-13,16,18,25H,5,9,11H2,1-2H3,(H,28,29)/t16-,18+/m1/s1. The van der Waals surface area contributed by atoms with Crippen LogP contribution in [-0.4, -0.2) is 33.4 Å². The fraction of sp³-hybridized carbons (Fsp3) is 0.348. The van der Waals surface area contributed by atoms with E-state index in [1.807, 2.05) is 56.3 Å². The predicted octanol–water partition coefficient (Wildman–Crippen LogP) is 5.62. The second-order valence-corrected chi connectivity index (χ2v) is 8.86. The van der Waals surface area contributed by atoms with Gasteiger partial charge >= 0.3 is 5.97 Å². The Bertz CT molecular complexity index is 1060. The van der Waals surface area contributed by atoms with Gasteiger partial charge in [0.05, 0.1) is 16.5 Å². The first-order chi connectivity index (χ1) is 14.9. The molecule has 31 heavy (non-hydrogen) atoms. The highest BCUT2D eigenvalue weighted by atomic mass is 79.9. The number of nitrogens with one attached hydrogen (secondary N) is 1. The van der Waals surface area contributed by atoms with Crippen LogP contribution in [0.5, 0.6) is 5.75 Å². The van der Waals surface area contributed by atoms with Gasteiger partial charge in [0, 0.05) is 22.9 Å². The molecule has 0 bridgehead atoms. The van der Waals surface area contributed by atoms with Crippen molar-refractivity contribution in [3.63, 3.8) is 0 Å². The molecule has 2 aromatic carbocycles. The Kier molecular flexibility index (Phi) is 6.27. The lowest BCUT2D eigenvalue weighted by atomic mass is 10.1. The van der Waals surface area contributed by atoms with Crippen molar-refractivity contribution in [1.82, 2.24) is 10.1 Å². The number of aliphatic carboxylic acids is 1. The molecule has 3 aromatic rings. The summed E-state index contributed by atoms with van der Waals surface area (Å²) in [6.45, 7) is 3.96. The van der Waals surface area contributed by atoms with E-state index in [9.17, 15) is 4.79 Å². The first kappa shape index (κ1) is 21.4. The van der Waals surface area contributed by atoms with E-state index in [4.69, 9.17) is 14.4 Å². The third-order valence-corrected chi connectivity index (χ3v) is 5.88. The van der Waals surface area contributed by atoms with E-state index in [0.717, 1.165) is 39.9 Å². The lowest BCUT2D eigenvalue weighted by Gasteiger charge is -2.14. The van der Waals surface area contributed by atoms with Crippen LogP contribution in [0.2, 0.25) is 0 Å². The molecule has 1 saturated carbocycles. The number of benzene rings is 2. The molecule has 162 valence electrons. The van der Waals surface area contributed by atoms with Gasteiger partial charge in [0.25, 0.3) is 5.89 Å². The molecule has 7 nitrogen and oxygen atoms in total. The number of hydrogen-bond donors (Lipinski definition) is 2. The molecular formula is C23H24BrN3O4. The zero-order valence-corrected chi connectivity index (χ0v) is 18.9. The van der Waals surface area contributed by atoms with Crippen LogP contribution in [0.1, 0.15) is 33.1 Å². The van der Waals surface area contributed by atoms with Crippen molar-refractivity contribution < 1.29 is 19.2 Å². The average molecular weight is 486 g/mol. The van der Waals surface area contributed by atoms with Crippen molar-refractivity contribution in [2.24, 2.45) is 5.92 Å². The smallest absolute Gasteiger partial charge is 0.306 e. The molecule has 0 saturated heterocycles. The first-order valence-corrected chi connectivity index (χ1v) is 11.1. The number of carbonyl (C=O) groups is 1. The lowest BCUT2D eigenvalue weighted by molar-refractivity contribution is -0.141. The topological polar surface area (TPSA) is 97.5 Å². The summed E-state index contributed by atoms with van der Waals surface area (Å²) in [5.41, 5.74) is 2.59. The highest BCUT2D eigenvalue weighted by molar-refractivity contribution is 9.10. The normalized spacial score (nSPS) is 18.3. The maximum absolute atomic E-state index is 11.1. The minimum absolute atomic E-state index is 0.0867. The van der Waals surface area contributed by atoms with Crippen molar-refractivity contribution >= 4 is 27.6 Å². The molecule has 1 fully saturated rings. The van der Waals surface area contributed by atoms with Gasteiger partial charge in [0.1, 0.15) is 5.75 Å². The Morgan fingerprint density at radius 2 is 1.94 bits per heavy atom. The molecule has 0 radical (unpaired) electrons. The zero-order valence-electron chi connectivity index (χ0n) is 17.3. The van der Waals surface area contributed by atoms with Gasteiger partial charge in [-0.25, -0.2) is 0 Å². The van der Waals surface area contributed by atoms with Gasteiger partial charge in [-0.2, -0.15) is 4.98 Å². The van der Waals surface area contributed by atoms with E-state index >= 15 is 0 Å². The Morgan fingerprint density at radius 1 is 1.19 bits per heavy atom. The minimum Gasteiger partial charge on any atom is -0.490 e. The van der Waals surface area contributed by atoms with Crippen LogP contribution in [0.4, 0.5) is 5.69 Å². The molecule has 1 heterocycles. The Labute approximate surface area is 188 Å². The Balaban J connectivity index is 1.43. The largest absolute Gasteiger partial charge is 0.490 e. The average Bonchev–Trinajstić information content (AvgIpc) is 3.40. The van der Waals surface area contributed by atoms with Crippen LogP contribution in [0.3, 0.4) is 0 Å². The van der Waals surface area contributed by atoms with E-state index in [2.05, 4.69) is 31.4 Å². The Morgan fingerprint density at radius 3 is 2.58 bits per heavy atom. The summed E-state index contributed by atoms with van der Waals surface area (Å²) in [4.78, 5) is 15.6. The van der Waals surface area contributed by atoms with Crippen LogP contribution in [-0.2, 0) is 4.79 Å². The van der Waals surface area contributed by atoms with Crippen molar-refractivity contribution in [2.75, 3.05) is 5.32 Å². The highest BCUT2D eigenvalue weighted by Gasteiger charge is 2.29. The molecule has 4 rings (SSSR count). The van der Waals surface area contributed by atoms with Gasteiger partial charge < -0.3 is 19.7 Å². The van der Waals surface area contributed by atoms with Crippen LogP contribution in [0, 0.1) is 5.92 Å². The molecular weight excluding hydrogens is 462 g/mol. The molecule has 0 unspecified atom stereocenters. The third kappa shape index (κ3) is 5.07. The van der Waals surface area contributed by atoms with E-state index < -0.39 is 5.97 Å². The number of carboxylic acids is 1.